The number of esters is 1. The molecule has 0 spiro atoms. The molecule has 1 saturated heterocycles. The summed E-state index contributed by atoms with van der Waals surface area (Å²) >= 11 is 0. The predicted octanol–water partition coefficient (Wildman–Crippen LogP) is 2.49. The number of hydrogen-bond donors (Lipinski definition) is 1. The highest BCUT2D eigenvalue weighted by Gasteiger charge is 2.43. The van der Waals surface area contributed by atoms with E-state index in [1.54, 1.807) is 4.90 Å². The SMILES string of the molecule is CC(=O)NC1C(OC(=O)N2CCC2)CC(COC(=O)C(C)(C)C)CC1OC(C)C. The molecule has 4 unspecified atom stereocenters. The van der Waals surface area contributed by atoms with Gasteiger partial charge in [0.25, 0.3) is 0 Å². The molecule has 1 heterocycles. The van der Waals surface area contributed by atoms with Crippen LogP contribution in [0.5, 0.6) is 0 Å². The average Bonchev–Trinajstić information content (AvgIpc) is 2.52. The van der Waals surface area contributed by atoms with E-state index in [9.17, 15) is 14.4 Å². The minimum atomic E-state index is -0.579. The molecule has 0 aromatic rings. The molecular formula is C21H36N2O6. The van der Waals surface area contributed by atoms with Crippen molar-refractivity contribution in [2.75, 3.05) is 19.7 Å². The van der Waals surface area contributed by atoms with E-state index in [0.717, 1.165) is 6.42 Å². The number of rotatable bonds is 6. The van der Waals surface area contributed by atoms with Crippen LogP contribution in [0.25, 0.3) is 0 Å². The van der Waals surface area contributed by atoms with Gasteiger partial charge >= 0.3 is 12.1 Å². The molecule has 1 aliphatic carbocycles. The molecule has 2 fully saturated rings. The fraction of sp³-hybridized carbons (Fsp3) is 0.857. The zero-order chi connectivity index (χ0) is 21.8. The maximum Gasteiger partial charge on any atom is 0.410 e. The van der Waals surface area contributed by atoms with E-state index in [-0.39, 0.29) is 42.7 Å². The maximum absolute atomic E-state index is 12.4. The minimum Gasteiger partial charge on any atom is -0.465 e. The molecule has 2 aliphatic rings. The lowest BCUT2D eigenvalue weighted by molar-refractivity contribution is -0.157. The van der Waals surface area contributed by atoms with Crippen LogP contribution < -0.4 is 5.32 Å². The quantitative estimate of drug-likeness (QED) is 0.674. The van der Waals surface area contributed by atoms with Gasteiger partial charge in [0, 0.05) is 20.0 Å². The largest absolute Gasteiger partial charge is 0.465 e. The Morgan fingerprint density at radius 2 is 1.72 bits per heavy atom. The molecule has 0 aromatic heterocycles. The summed E-state index contributed by atoms with van der Waals surface area (Å²) in [7, 11) is 0. The normalized spacial score (nSPS) is 27.2. The Hall–Kier alpha value is -1.83. The van der Waals surface area contributed by atoms with Crippen LogP contribution in [0.1, 0.15) is 60.8 Å². The number of hydrogen-bond acceptors (Lipinski definition) is 6. The molecular weight excluding hydrogens is 376 g/mol. The van der Waals surface area contributed by atoms with Crippen molar-refractivity contribution in [2.45, 2.75) is 85.2 Å². The first-order valence-corrected chi connectivity index (χ1v) is 10.5. The number of carbonyl (C=O) groups excluding carboxylic acids is 3. The van der Waals surface area contributed by atoms with Crippen LogP contribution in [0, 0.1) is 11.3 Å². The number of likely N-dealkylation sites (tertiary alicyclic amines) is 1. The Labute approximate surface area is 173 Å². The summed E-state index contributed by atoms with van der Waals surface area (Å²) in [5, 5.41) is 2.91. The summed E-state index contributed by atoms with van der Waals surface area (Å²) in [6.07, 6.45) is 0.784. The second-order valence-corrected chi connectivity index (χ2v) is 9.40. The van der Waals surface area contributed by atoms with E-state index in [1.165, 1.54) is 6.92 Å². The molecule has 1 aliphatic heterocycles. The molecule has 8 nitrogen and oxygen atoms in total. The fourth-order valence-corrected chi connectivity index (χ4v) is 3.57. The highest BCUT2D eigenvalue weighted by atomic mass is 16.6. The number of carbonyl (C=O) groups is 3. The first-order valence-electron chi connectivity index (χ1n) is 10.5. The number of nitrogens with zero attached hydrogens (tertiary/aromatic N) is 1. The Morgan fingerprint density at radius 3 is 2.21 bits per heavy atom. The van der Waals surface area contributed by atoms with Gasteiger partial charge in [0.05, 0.1) is 30.3 Å². The molecule has 0 aromatic carbocycles. The third-order valence-electron chi connectivity index (χ3n) is 5.18. The third kappa shape index (κ3) is 6.87. The van der Waals surface area contributed by atoms with Gasteiger partial charge in [-0.05, 0) is 59.8 Å². The van der Waals surface area contributed by atoms with Crippen molar-refractivity contribution in [3.8, 4) is 0 Å². The fourth-order valence-electron chi connectivity index (χ4n) is 3.57. The van der Waals surface area contributed by atoms with Crippen molar-refractivity contribution in [1.29, 1.82) is 0 Å². The molecule has 4 atom stereocenters. The van der Waals surface area contributed by atoms with Crippen LogP contribution in [0.15, 0.2) is 0 Å². The molecule has 0 bridgehead atoms. The first kappa shape index (κ1) is 23.4. The van der Waals surface area contributed by atoms with Gasteiger partial charge in [-0.15, -0.1) is 0 Å². The van der Waals surface area contributed by atoms with E-state index in [2.05, 4.69) is 5.32 Å². The standard InChI is InChI=1S/C21H36N2O6/c1-13(2)28-16-10-15(12-27-19(25)21(4,5)6)11-17(18(16)22-14(3)24)29-20(26)23-8-7-9-23/h13,15-18H,7-12H2,1-6H3,(H,22,24). The van der Waals surface area contributed by atoms with Gasteiger partial charge in [-0.25, -0.2) is 4.79 Å². The molecule has 166 valence electrons. The molecule has 2 rings (SSSR count). The van der Waals surface area contributed by atoms with Gasteiger partial charge in [0.15, 0.2) is 0 Å². The van der Waals surface area contributed by atoms with Crippen LogP contribution in [0.4, 0.5) is 4.79 Å². The summed E-state index contributed by atoms with van der Waals surface area (Å²) in [5.41, 5.74) is -0.579. The highest BCUT2D eigenvalue weighted by Crippen LogP contribution is 2.31. The number of ether oxygens (including phenoxy) is 3. The zero-order valence-corrected chi connectivity index (χ0v) is 18.5. The van der Waals surface area contributed by atoms with E-state index in [0.29, 0.717) is 25.9 Å². The second-order valence-electron chi connectivity index (χ2n) is 9.40. The van der Waals surface area contributed by atoms with E-state index in [4.69, 9.17) is 14.2 Å². The summed E-state index contributed by atoms with van der Waals surface area (Å²) in [6.45, 7) is 12.3. The van der Waals surface area contributed by atoms with Gasteiger partial charge in [0.2, 0.25) is 5.91 Å². The van der Waals surface area contributed by atoms with E-state index in [1.807, 2.05) is 34.6 Å². The van der Waals surface area contributed by atoms with Gasteiger partial charge in [-0.2, -0.15) is 0 Å². The topological polar surface area (TPSA) is 94.2 Å². The Bertz CT molecular complexity index is 596. The molecule has 8 heteroatoms. The Balaban J connectivity index is 2.12. The van der Waals surface area contributed by atoms with Gasteiger partial charge < -0.3 is 24.4 Å². The van der Waals surface area contributed by atoms with Gasteiger partial charge in [-0.3, -0.25) is 9.59 Å². The molecule has 1 N–H and O–H groups in total. The summed E-state index contributed by atoms with van der Waals surface area (Å²) in [4.78, 5) is 38.0. The second kappa shape index (κ2) is 9.78. The van der Waals surface area contributed by atoms with Crippen LogP contribution in [-0.2, 0) is 23.8 Å². The van der Waals surface area contributed by atoms with Crippen molar-refractivity contribution >= 4 is 18.0 Å². The summed E-state index contributed by atoms with van der Waals surface area (Å²) in [6, 6.07) is -0.435. The van der Waals surface area contributed by atoms with Gasteiger partial charge in [-0.1, -0.05) is 0 Å². The Morgan fingerprint density at radius 1 is 1.10 bits per heavy atom. The van der Waals surface area contributed by atoms with Crippen molar-refractivity contribution < 1.29 is 28.6 Å². The first-order chi connectivity index (χ1) is 13.5. The van der Waals surface area contributed by atoms with Crippen LogP contribution in [0.3, 0.4) is 0 Å². The lowest BCUT2D eigenvalue weighted by Crippen LogP contribution is -2.58. The third-order valence-corrected chi connectivity index (χ3v) is 5.18. The number of amides is 2. The Kier molecular flexibility index (Phi) is 7.91. The summed E-state index contributed by atoms with van der Waals surface area (Å²) in [5.74, 6) is -0.490. The van der Waals surface area contributed by atoms with Crippen LogP contribution in [-0.4, -0.2) is 66.9 Å². The maximum atomic E-state index is 12.4. The van der Waals surface area contributed by atoms with Crippen molar-refractivity contribution in [3.63, 3.8) is 0 Å². The van der Waals surface area contributed by atoms with Crippen molar-refractivity contribution in [2.24, 2.45) is 11.3 Å². The average molecular weight is 413 g/mol. The summed E-state index contributed by atoms with van der Waals surface area (Å²) < 4.78 is 17.4. The monoisotopic (exact) mass is 412 g/mol. The minimum absolute atomic E-state index is 0.0238. The lowest BCUT2D eigenvalue weighted by Gasteiger charge is -2.43. The van der Waals surface area contributed by atoms with Crippen LogP contribution >= 0.6 is 0 Å². The van der Waals surface area contributed by atoms with Crippen LogP contribution in [0.2, 0.25) is 0 Å². The highest BCUT2D eigenvalue weighted by molar-refractivity contribution is 5.75. The number of nitrogens with one attached hydrogen (secondary N) is 1. The smallest absolute Gasteiger partial charge is 0.410 e. The van der Waals surface area contributed by atoms with E-state index < -0.39 is 17.6 Å². The predicted molar refractivity (Wildman–Crippen MR) is 107 cm³/mol. The zero-order valence-electron chi connectivity index (χ0n) is 18.5. The van der Waals surface area contributed by atoms with Crippen molar-refractivity contribution in [1.82, 2.24) is 10.2 Å². The van der Waals surface area contributed by atoms with E-state index >= 15 is 0 Å². The molecule has 2 amide bonds. The van der Waals surface area contributed by atoms with Crippen molar-refractivity contribution in [3.05, 3.63) is 0 Å². The molecule has 0 radical (unpaired) electrons. The molecule has 29 heavy (non-hydrogen) atoms. The molecule has 1 saturated carbocycles. The lowest BCUT2D eigenvalue weighted by atomic mass is 9.81. The van der Waals surface area contributed by atoms with Gasteiger partial charge in [0.1, 0.15) is 6.10 Å².